The number of carbonyl (C=O) groups is 1. The van der Waals surface area contributed by atoms with E-state index in [1.165, 1.54) is 0 Å². The number of aliphatic hydroxyl groups excluding tert-OH is 1. The van der Waals surface area contributed by atoms with E-state index in [2.05, 4.69) is 0 Å². The fourth-order valence-electron chi connectivity index (χ4n) is 1.55. The number of hydrogen-bond donors (Lipinski definition) is 2. The minimum Gasteiger partial charge on any atom is -0.465 e. The molecule has 0 saturated heterocycles. The van der Waals surface area contributed by atoms with Gasteiger partial charge < -0.3 is 14.9 Å². The molecular weight excluding hydrogens is 288 g/mol. The molecule has 6 heteroatoms. The van der Waals surface area contributed by atoms with Gasteiger partial charge in [-0.15, -0.1) is 0 Å². The van der Waals surface area contributed by atoms with Gasteiger partial charge in [0.15, 0.2) is 6.29 Å². The Kier molecular flexibility index (Phi) is 12.4. The predicted molar refractivity (Wildman–Crippen MR) is 82.9 cm³/mol. The van der Waals surface area contributed by atoms with E-state index in [1.54, 1.807) is 0 Å². The van der Waals surface area contributed by atoms with Crippen molar-refractivity contribution in [2.45, 2.75) is 72.0 Å². The van der Waals surface area contributed by atoms with Crippen LogP contribution in [-0.2, 0) is 19.3 Å². The SMILES string of the molecule is CCC(C)(C)C(=O)OCCCCOOCCCCCC(O)O. The molecule has 0 fully saturated rings. The summed E-state index contributed by atoms with van der Waals surface area (Å²) in [4.78, 5) is 21.7. The Balaban J connectivity index is 3.26. The lowest BCUT2D eigenvalue weighted by molar-refractivity contribution is -0.295. The molecule has 0 radical (unpaired) electrons. The van der Waals surface area contributed by atoms with Gasteiger partial charge in [0.1, 0.15) is 0 Å². The number of rotatable bonds is 14. The maximum Gasteiger partial charge on any atom is 0.311 e. The average Bonchev–Trinajstić information content (AvgIpc) is 2.47. The monoisotopic (exact) mass is 320 g/mol. The van der Waals surface area contributed by atoms with E-state index in [1.807, 2.05) is 20.8 Å². The summed E-state index contributed by atoms with van der Waals surface area (Å²) in [6, 6.07) is 0. The third-order valence-electron chi connectivity index (χ3n) is 3.56. The number of hydrogen-bond acceptors (Lipinski definition) is 6. The van der Waals surface area contributed by atoms with Crippen molar-refractivity contribution in [3.8, 4) is 0 Å². The second-order valence-corrected chi connectivity index (χ2v) is 6.05. The first-order valence-electron chi connectivity index (χ1n) is 8.18. The summed E-state index contributed by atoms with van der Waals surface area (Å²) in [7, 11) is 0. The molecule has 0 heterocycles. The van der Waals surface area contributed by atoms with E-state index in [4.69, 9.17) is 24.7 Å². The lowest BCUT2D eigenvalue weighted by atomic mass is 9.91. The Morgan fingerprint density at radius 2 is 1.50 bits per heavy atom. The van der Waals surface area contributed by atoms with Crippen LogP contribution in [0.4, 0.5) is 0 Å². The van der Waals surface area contributed by atoms with E-state index in [9.17, 15) is 4.79 Å². The van der Waals surface area contributed by atoms with Gasteiger partial charge in [-0.2, -0.15) is 0 Å². The molecule has 0 aromatic carbocycles. The van der Waals surface area contributed by atoms with Gasteiger partial charge in [0, 0.05) is 0 Å². The zero-order valence-corrected chi connectivity index (χ0v) is 14.2. The third kappa shape index (κ3) is 11.9. The quantitative estimate of drug-likeness (QED) is 0.168. The van der Waals surface area contributed by atoms with Crippen molar-refractivity contribution < 1.29 is 29.5 Å². The van der Waals surface area contributed by atoms with Gasteiger partial charge in [-0.05, 0) is 52.4 Å². The highest BCUT2D eigenvalue weighted by Gasteiger charge is 2.26. The Hall–Kier alpha value is -0.690. The summed E-state index contributed by atoms with van der Waals surface area (Å²) in [5.74, 6) is -0.153. The third-order valence-corrected chi connectivity index (χ3v) is 3.56. The molecule has 0 unspecified atom stereocenters. The molecule has 0 bridgehead atoms. The summed E-state index contributed by atoms with van der Waals surface area (Å²) in [6.07, 6.45) is 3.95. The van der Waals surface area contributed by atoms with Crippen molar-refractivity contribution in [2.24, 2.45) is 5.41 Å². The molecule has 0 aromatic heterocycles. The molecule has 0 aliphatic heterocycles. The zero-order valence-electron chi connectivity index (χ0n) is 14.2. The molecule has 0 aliphatic carbocycles. The van der Waals surface area contributed by atoms with Crippen molar-refractivity contribution in [3.05, 3.63) is 0 Å². The first-order valence-corrected chi connectivity index (χ1v) is 8.18. The summed E-state index contributed by atoms with van der Waals surface area (Å²) in [6.45, 7) is 7.12. The van der Waals surface area contributed by atoms with Crippen molar-refractivity contribution in [1.82, 2.24) is 0 Å². The zero-order chi connectivity index (χ0) is 16.8. The minimum atomic E-state index is -1.21. The van der Waals surface area contributed by atoms with Crippen LogP contribution in [0.15, 0.2) is 0 Å². The molecular formula is C16H32O6. The van der Waals surface area contributed by atoms with Crippen molar-refractivity contribution in [3.63, 3.8) is 0 Å². The Labute approximate surface area is 133 Å². The van der Waals surface area contributed by atoms with E-state index >= 15 is 0 Å². The van der Waals surface area contributed by atoms with Crippen molar-refractivity contribution >= 4 is 5.97 Å². The molecule has 132 valence electrons. The topological polar surface area (TPSA) is 85.2 Å². The molecule has 0 aromatic rings. The lowest BCUT2D eigenvalue weighted by Gasteiger charge is -2.20. The second kappa shape index (κ2) is 12.8. The summed E-state index contributed by atoms with van der Waals surface area (Å²) in [5, 5.41) is 17.3. The molecule has 0 amide bonds. The van der Waals surface area contributed by atoms with Gasteiger partial charge in [-0.25, -0.2) is 9.78 Å². The van der Waals surface area contributed by atoms with Crippen molar-refractivity contribution in [2.75, 3.05) is 19.8 Å². The summed E-state index contributed by atoms with van der Waals surface area (Å²) >= 11 is 0. The van der Waals surface area contributed by atoms with Crippen LogP contribution in [0.2, 0.25) is 0 Å². The number of unbranched alkanes of at least 4 members (excludes halogenated alkanes) is 3. The maximum atomic E-state index is 11.7. The maximum absolute atomic E-state index is 11.7. The number of aliphatic hydroxyl groups is 2. The highest BCUT2D eigenvalue weighted by molar-refractivity contribution is 5.75. The van der Waals surface area contributed by atoms with Gasteiger partial charge in [0.2, 0.25) is 0 Å². The average molecular weight is 320 g/mol. The molecule has 2 N–H and O–H groups in total. The largest absolute Gasteiger partial charge is 0.465 e. The van der Waals surface area contributed by atoms with Crippen molar-refractivity contribution in [1.29, 1.82) is 0 Å². The lowest BCUT2D eigenvalue weighted by Crippen LogP contribution is -2.26. The van der Waals surface area contributed by atoms with Gasteiger partial charge in [0.05, 0.1) is 25.2 Å². The van der Waals surface area contributed by atoms with E-state index in [-0.39, 0.29) is 5.97 Å². The fraction of sp³-hybridized carbons (Fsp3) is 0.938. The van der Waals surface area contributed by atoms with E-state index in [0.29, 0.717) is 26.2 Å². The molecule has 0 spiro atoms. The fourth-order valence-corrected chi connectivity index (χ4v) is 1.55. The van der Waals surface area contributed by atoms with E-state index in [0.717, 1.165) is 38.5 Å². The highest BCUT2D eigenvalue weighted by atomic mass is 17.2. The van der Waals surface area contributed by atoms with Crippen LogP contribution in [0.25, 0.3) is 0 Å². The van der Waals surface area contributed by atoms with Gasteiger partial charge in [-0.3, -0.25) is 4.79 Å². The van der Waals surface area contributed by atoms with Crippen LogP contribution >= 0.6 is 0 Å². The first-order chi connectivity index (χ1) is 10.4. The van der Waals surface area contributed by atoms with Gasteiger partial charge >= 0.3 is 5.97 Å². The number of carbonyl (C=O) groups excluding carboxylic acids is 1. The van der Waals surface area contributed by atoms with Crippen LogP contribution in [0.1, 0.15) is 65.7 Å². The van der Waals surface area contributed by atoms with Crippen LogP contribution in [0.3, 0.4) is 0 Å². The predicted octanol–water partition coefficient (Wildman–Crippen LogP) is 2.57. The standard InChI is InChI=1S/C16H32O6/c1-4-16(2,3)15(19)20-11-8-9-13-22-21-12-7-5-6-10-14(17)18/h14,17-18H,4-13H2,1-3H3. The van der Waals surface area contributed by atoms with Crippen LogP contribution in [-0.4, -0.2) is 42.3 Å². The van der Waals surface area contributed by atoms with Crippen LogP contribution < -0.4 is 0 Å². The Bertz CT molecular complexity index is 278. The Morgan fingerprint density at radius 3 is 2.05 bits per heavy atom. The van der Waals surface area contributed by atoms with Crippen LogP contribution in [0, 0.1) is 5.41 Å². The molecule has 0 rings (SSSR count). The summed E-state index contributed by atoms with van der Waals surface area (Å²) in [5.41, 5.74) is -0.411. The summed E-state index contributed by atoms with van der Waals surface area (Å²) < 4.78 is 5.21. The molecule has 6 nitrogen and oxygen atoms in total. The smallest absolute Gasteiger partial charge is 0.311 e. The van der Waals surface area contributed by atoms with E-state index < -0.39 is 11.7 Å². The molecule has 22 heavy (non-hydrogen) atoms. The van der Waals surface area contributed by atoms with Gasteiger partial charge in [0.25, 0.3) is 0 Å². The molecule has 0 aliphatic rings. The van der Waals surface area contributed by atoms with Crippen LogP contribution in [0.5, 0.6) is 0 Å². The second-order valence-electron chi connectivity index (χ2n) is 6.05. The molecule has 0 saturated carbocycles. The Morgan fingerprint density at radius 1 is 0.955 bits per heavy atom. The number of esters is 1. The van der Waals surface area contributed by atoms with Gasteiger partial charge in [-0.1, -0.05) is 13.3 Å². The highest BCUT2D eigenvalue weighted by Crippen LogP contribution is 2.21. The number of ether oxygens (including phenoxy) is 1. The normalized spacial score (nSPS) is 11.9. The molecule has 0 atom stereocenters. The minimum absolute atomic E-state index is 0.153. The first kappa shape index (κ1) is 21.3.